The molecule has 0 fully saturated rings. The summed E-state index contributed by atoms with van der Waals surface area (Å²) in [4.78, 5) is 6.77. The molecule has 7 nitrogen and oxygen atoms in total. The van der Waals surface area contributed by atoms with Gasteiger partial charge in [0.05, 0.1) is 24.4 Å². The van der Waals surface area contributed by atoms with E-state index in [1.165, 1.54) is 0 Å². The van der Waals surface area contributed by atoms with Crippen LogP contribution >= 0.6 is 0 Å². The van der Waals surface area contributed by atoms with Crippen molar-refractivity contribution in [2.75, 3.05) is 59.4 Å². The van der Waals surface area contributed by atoms with Crippen molar-refractivity contribution in [1.82, 2.24) is 14.7 Å². The summed E-state index contributed by atoms with van der Waals surface area (Å²) in [6.45, 7) is 13.5. The number of aliphatic hydroxyl groups excluding tert-OH is 4. The molecular formula is C49H87N3O4. The van der Waals surface area contributed by atoms with Crippen LogP contribution in [0.3, 0.4) is 0 Å². The first kappa shape index (κ1) is 53.6. The Morgan fingerprint density at radius 3 is 0.839 bits per heavy atom. The number of likely N-dealkylation sites (N-methyl/N-ethyl adjacent to an activating group) is 1. The fourth-order valence-electron chi connectivity index (χ4n) is 6.41. The third-order valence-electron chi connectivity index (χ3n) is 9.80. The third-order valence-corrected chi connectivity index (χ3v) is 9.80. The molecule has 0 bridgehead atoms. The number of hydrogen-bond donors (Lipinski definition) is 4. The number of rotatable bonds is 38. The summed E-state index contributed by atoms with van der Waals surface area (Å²) in [6.07, 6.45) is 47.0. The molecule has 0 aromatic rings. The van der Waals surface area contributed by atoms with E-state index in [1.807, 2.05) is 27.7 Å². The van der Waals surface area contributed by atoms with Gasteiger partial charge in [-0.1, -0.05) is 97.2 Å². The van der Waals surface area contributed by atoms with Crippen molar-refractivity contribution in [3.8, 4) is 0 Å². The Morgan fingerprint density at radius 1 is 0.357 bits per heavy atom. The van der Waals surface area contributed by atoms with Gasteiger partial charge < -0.3 is 25.3 Å². The van der Waals surface area contributed by atoms with E-state index in [0.717, 1.165) is 129 Å². The first-order valence-electron chi connectivity index (χ1n) is 22.2. The lowest BCUT2D eigenvalue weighted by Gasteiger charge is -2.31. The lowest BCUT2D eigenvalue weighted by Crippen LogP contribution is -2.44. The highest BCUT2D eigenvalue weighted by molar-refractivity contribution is 4.94. The van der Waals surface area contributed by atoms with E-state index in [-0.39, 0.29) is 0 Å². The molecular weight excluding hydrogens is 695 g/mol. The van der Waals surface area contributed by atoms with Gasteiger partial charge in [-0.25, -0.2) is 0 Å². The first-order valence-corrected chi connectivity index (χ1v) is 22.2. The summed E-state index contributed by atoms with van der Waals surface area (Å²) in [5, 5.41) is 44.0. The number of unbranched alkanes of at least 4 members (excludes halogenated alkanes) is 4. The summed E-state index contributed by atoms with van der Waals surface area (Å²) >= 11 is 0. The van der Waals surface area contributed by atoms with Crippen molar-refractivity contribution in [3.05, 3.63) is 97.2 Å². The van der Waals surface area contributed by atoms with Crippen LogP contribution in [0.1, 0.15) is 130 Å². The second-order valence-electron chi connectivity index (χ2n) is 15.3. The van der Waals surface area contributed by atoms with Crippen LogP contribution in [-0.4, -0.2) is 119 Å². The summed E-state index contributed by atoms with van der Waals surface area (Å²) in [6, 6.07) is 0. The predicted octanol–water partition coefficient (Wildman–Crippen LogP) is 9.74. The van der Waals surface area contributed by atoms with Crippen LogP contribution in [0.2, 0.25) is 0 Å². The average Bonchev–Trinajstić information content (AvgIpc) is 3.17. The highest BCUT2D eigenvalue weighted by Gasteiger charge is 2.19. The van der Waals surface area contributed by atoms with Gasteiger partial charge in [0.2, 0.25) is 0 Å². The van der Waals surface area contributed by atoms with Crippen LogP contribution in [0.25, 0.3) is 0 Å². The van der Waals surface area contributed by atoms with Gasteiger partial charge >= 0.3 is 0 Å². The predicted molar refractivity (Wildman–Crippen MR) is 244 cm³/mol. The van der Waals surface area contributed by atoms with Crippen LogP contribution in [-0.2, 0) is 0 Å². The molecule has 0 aliphatic heterocycles. The number of nitrogens with zero attached hydrogens (tertiary/aromatic N) is 3. The van der Waals surface area contributed by atoms with E-state index in [1.54, 1.807) is 0 Å². The van der Waals surface area contributed by atoms with Crippen LogP contribution in [0, 0.1) is 0 Å². The SMILES string of the molecule is C/C=C\C/C=C\CCCC(O)CN(CCN(C)CCN(CC(O)CCC/C=C\C/C=C\C)CC(O)CCC/C=C\C/C=C\C)CC(O)CCC/C=C\C/C=C\C. The third kappa shape index (κ3) is 37.2. The van der Waals surface area contributed by atoms with Crippen molar-refractivity contribution >= 4 is 0 Å². The second-order valence-corrected chi connectivity index (χ2v) is 15.3. The number of hydrogen-bond acceptors (Lipinski definition) is 7. The molecule has 0 aliphatic rings. The Morgan fingerprint density at radius 2 is 0.607 bits per heavy atom. The van der Waals surface area contributed by atoms with Crippen molar-refractivity contribution in [2.24, 2.45) is 0 Å². The standard InChI is InChI=1S/C49H87N3O4/c1-6-10-14-18-22-26-30-34-46(53)42-51(43-47(54)35-31-27-23-19-15-11-7-2)40-38-50(5)39-41-52(44-48(55)36-32-28-24-20-16-12-8-3)45-49(56)37-33-29-25-21-17-13-9-4/h6-13,18-25,46-49,53-56H,14-17,26-45H2,1-5H3/b10-6-,11-7-,12-8-,13-9-,22-18-,23-19-,24-20-,25-21-. The minimum atomic E-state index is -0.434. The second kappa shape index (κ2) is 40.8. The molecule has 0 saturated heterocycles. The molecule has 7 heteroatoms. The lowest BCUT2D eigenvalue weighted by molar-refractivity contribution is 0.0499. The van der Waals surface area contributed by atoms with Crippen LogP contribution in [0.4, 0.5) is 0 Å². The van der Waals surface area contributed by atoms with E-state index in [2.05, 4.69) is 119 Å². The molecule has 0 heterocycles. The molecule has 0 rings (SSSR count). The zero-order chi connectivity index (χ0) is 41.3. The van der Waals surface area contributed by atoms with Crippen molar-refractivity contribution in [3.63, 3.8) is 0 Å². The quantitative estimate of drug-likeness (QED) is 0.0367. The van der Waals surface area contributed by atoms with Gasteiger partial charge in [0, 0.05) is 52.4 Å². The van der Waals surface area contributed by atoms with Gasteiger partial charge in [-0.2, -0.15) is 0 Å². The fourth-order valence-corrected chi connectivity index (χ4v) is 6.41. The monoisotopic (exact) mass is 782 g/mol. The maximum atomic E-state index is 11.0. The molecule has 56 heavy (non-hydrogen) atoms. The maximum Gasteiger partial charge on any atom is 0.0667 e. The Hall–Kier alpha value is -2.36. The molecule has 322 valence electrons. The molecule has 0 amide bonds. The van der Waals surface area contributed by atoms with E-state index in [0.29, 0.717) is 26.2 Å². The summed E-state index contributed by atoms with van der Waals surface area (Å²) in [7, 11) is 2.12. The highest BCUT2D eigenvalue weighted by Crippen LogP contribution is 2.11. The lowest BCUT2D eigenvalue weighted by atomic mass is 10.1. The van der Waals surface area contributed by atoms with Crippen molar-refractivity contribution in [1.29, 1.82) is 0 Å². The molecule has 4 unspecified atom stereocenters. The van der Waals surface area contributed by atoms with E-state index >= 15 is 0 Å². The summed E-state index contributed by atoms with van der Waals surface area (Å²) < 4.78 is 0. The zero-order valence-corrected chi connectivity index (χ0v) is 36.6. The van der Waals surface area contributed by atoms with Crippen LogP contribution in [0.15, 0.2) is 97.2 Å². The Bertz CT molecular complexity index is 935. The Kier molecular flexibility index (Phi) is 39.1. The highest BCUT2D eigenvalue weighted by atomic mass is 16.3. The molecule has 4 N–H and O–H groups in total. The molecule has 0 radical (unpaired) electrons. The topological polar surface area (TPSA) is 90.6 Å². The number of allylic oxidation sites excluding steroid dienone is 16. The van der Waals surface area contributed by atoms with Crippen molar-refractivity contribution in [2.45, 2.75) is 155 Å². The minimum Gasteiger partial charge on any atom is -0.392 e. The largest absolute Gasteiger partial charge is 0.392 e. The van der Waals surface area contributed by atoms with Gasteiger partial charge in [-0.15, -0.1) is 0 Å². The van der Waals surface area contributed by atoms with Gasteiger partial charge in [-0.3, -0.25) is 9.80 Å². The summed E-state index contributed by atoms with van der Waals surface area (Å²) in [5.41, 5.74) is 0. The van der Waals surface area contributed by atoms with Gasteiger partial charge in [0.1, 0.15) is 0 Å². The summed E-state index contributed by atoms with van der Waals surface area (Å²) in [5.74, 6) is 0. The molecule has 0 aromatic carbocycles. The molecule has 0 aromatic heterocycles. The molecule has 4 atom stereocenters. The zero-order valence-electron chi connectivity index (χ0n) is 36.6. The molecule has 0 saturated carbocycles. The fraction of sp³-hybridized carbons (Fsp3) is 0.673. The Balaban J connectivity index is 5.28. The maximum absolute atomic E-state index is 11.0. The average molecular weight is 782 g/mol. The van der Waals surface area contributed by atoms with E-state index in [4.69, 9.17) is 0 Å². The minimum absolute atomic E-state index is 0.434. The van der Waals surface area contributed by atoms with Crippen molar-refractivity contribution < 1.29 is 20.4 Å². The number of aliphatic hydroxyl groups is 4. The Labute approximate surface area is 345 Å². The smallest absolute Gasteiger partial charge is 0.0667 e. The first-order chi connectivity index (χ1) is 27.2. The normalized spacial score (nSPS) is 15.5. The van der Waals surface area contributed by atoms with Gasteiger partial charge in [0.25, 0.3) is 0 Å². The van der Waals surface area contributed by atoms with E-state index in [9.17, 15) is 20.4 Å². The van der Waals surface area contributed by atoms with Gasteiger partial charge in [-0.05, 0) is 137 Å². The van der Waals surface area contributed by atoms with Gasteiger partial charge in [0.15, 0.2) is 0 Å². The molecule has 0 spiro atoms. The van der Waals surface area contributed by atoms with Crippen LogP contribution in [0.5, 0.6) is 0 Å². The van der Waals surface area contributed by atoms with Crippen LogP contribution < -0.4 is 0 Å². The van der Waals surface area contributed by atoms with E-state index < -0.39 is 24.4 Å². The molecule has 0 aliphatic carbocycles.